The third-order valence-electron chi connectivity index (χ3n) is 2.44. The van der Waals surface area contributed by atoms with Crippen LogP contribution >= 0.6 is 0 Å². The molecule has 0 saturated heterocycles. The van der Waals surface area contributed by atoms with E-state index in [1.165, 1.54) is 0 Å². The van der Waals surface area contributed by atoms with Crippen LogP contribution in [-0.2, 0) is 4.79 Å². The average molecular weight is 172 g/mol. The first kappa shape index (κ1) is 11.5. The van der Waals surface area contributed by atoms with Gasteiger partial charge in [0.05, 0.1) is 0 Å². The highest BCUT2D eigenvalue weighted by molar-refractivity contribution is 5.66. The molecule has 1 N–H and O–H groups in total. The Hall–Kier alpha value is -0.530. The van der Waals surface area contributed by atoms with Crippen LogP contribution in [0.3, 0.4) is 0 Å². The standard InChI is InChI=1S/C10H20O2/c1-7(2)9(4)5-8(3)6-10(11)12/h7-9H,5-6H2,1-4H3,(H,11,12). The highest BCUT2D eigenvalue weighted by Gasteiger charge is 2.14. The Bertz CT molecular complexity index is 141. The van der Waals surface area contributed by atoms with Gasteiger partial charge in [0.2, 0.25) is 0 Å². The molecule has 0 aromatic carbocycles. The monoisotopic (exact) mass is 172 g/mol. The molecule has 0 aromatic rings. The first-order chi connectivity index (χ1) is 5.43. The van der Waals surface area contributed by atoms with E-state index in [0.29, 0.717) is 24.2 Å². The fraction of sp³-hybridized carbons (Fsp3) is 0.900. The third kappa shape index (κ3) is 5.16. The number of hydrogen-bond donors (Lipinski definition) is 1. The molecule has 72 valence electrons. The maximum absolute atomic E-state index is 10.4. The quantitative estimate of drug-likeness (QED) is 0.692. The van der Waals surface area contributed by atoms with Gasteiger partial charge in [-0.1, -0.05) is 27.7 Å². The summed E-state index contributed by atoms with van der Waals surface area (Å²) in [5.74, 6) is 0.902. The largest absolute Gasteiger partial charge is 0.481 e. The van der Waals surface area contributed by atoms with Gasteiger partial charge in [-0.2, -0.15) is 0 Å². The van der Waals surface area contributed by atoms with E-state index in [1.807, 2.05) is 6.92 Å². The number of rotatable bonds is 5. The highest BCUT2D eigenvalue weighted by Crippen LogP contribution is 2.21. The molecule has 0 radical (unpaired) electrons. The first-order valence-electron chi connectivity index (χ1n) is 4.65. The van der Waals surface area contributed by atoms with Crippen molar-refractivity contribution in [2.75, 3.05) is 0 Å². The molecule has 0 heterocycles. The minimum absolute atomic E-state index is 0.303. The van der Waals surface area contributed by atoms with Crippen molar-refractivity contribution < 1.29 is 9.90 Å². The fourth-order valence-corrected chi connectivity index (χ4v) is 1.29. The van der Waals surface area contributed by atoms with E-state index in [-0.39, 0.29) is 0 Å². The normalized spacial score (nSPS) is 16.1. The molecule has 0 rings (SSSR count). The zero-order valence-corrected chi connectivity index (χ0v) is 8.50. The summed E-state index contributed by atoms with van der Waals surface area (Å²) in [7, 11) is 0. The minimum Gasteiger partial charge on any atom is -0.481 e. The molecule has 0 fully saturated rings. The predicted molar refractivity (Wildman–Crippen MR) is 50.0 cm³/mol. The summed E-state index contributed by atoms with van der Waals surface area (Å²) in [6, 6.07) is 0. The summed E-state index contributed by atoms with van der Waals surface area (Å²) in [5, 5.41) is 8.54. The van der Waals surface area contributed by atoms with Gasteiger partial charge in [0.25, 0.3) is 0 Å². The Morgan fingerprint density at radius 1 is 1.25 bits per heavy atom. The molecule has 0 aliphatic heterocycles. The van der Waals surface area contributed by atoms with E-state index < -0.39 is 5.97 Å². The van der Waals surface area contributed by atoms with Crippen molar-refractivity contribution in [1.29, 1.82) is 0 Å². The number of carboxylic acid groups (broad SMARTS) is 1. The van der Waals surface area contributed by atoms with Crippen molar-refractivity contribution >= 4 is 5.97 Å². The number of aliphatic carboxylic acids is 1. The SMILES string of the molecule is CC(CC(=O)O)CC(C)C(C)C. The molecular weight excluding hydrogens is 152 g/mol. The number of carbonyl (C=O) groups is 1. The van der Waals surface area contributed by atoms with Crippen LogP contribution < -0.4 is 0 Å². The summed E-state index contributed by atoms with van der Waals surface area (Å²) >= 11 is 0. The Morgan fingerprint density at radius 2 is 1.75 bits per heavy atom. The van der Waals surface area contributed by atoms with E-state index in [9.17, 15) is 4.79 Å². The minimum atomic E-state index is -0.682. The van der Waals surface area contributed by atoms with Gasteiger partial charge in [0.15, 0.2) is 0 Å². The lowest BCUT2D eigenvalue weighted by Crippen LogP contribution is -2.12. The van der Waals surface area contributed by atoms with Gasteiger partial charge in [-0.3, -0.25) is 4.79 Å². The lowest BCUT2D eigenvalue weighted by Gasteiger charge is -2.18. The summed E-state index contributed by atoms with van der Waals surface area (Å²) in [6.07, 6.45) is 1.32. The second-order valence-corrected chi connectivity index (χ2v) is 4.16. The van der Waals surface area contributed by atoms with Gasteiger partial charge in [0, 0.05) is 6.42 Å². The molecule has 2 unspecified atom stereocenters. The lowest BCUT2D eigenvalue weighted by atomic mass is 9.87. The van der Waals surface area contributed by atoms with Crippen LogP contribution in [0.5, 0.6) is 0 Å². The second kappa shape index (κ2) is 5.18. The molecule has 2 heteroatoms. The zero-order valence-electron chi connectivity index (χ0n) is 8.50. The van der Waals surface area contributed by atoms with E-state index in [4.69, 9.17) is 5.11 Å². The topological polar surface area (TPSA) is 37.3 Å². The van der Waals surface area contributed by atoms with Crippen LogP contribution in [-0.4, -0.2) is 11.1 Å². The average Bonchev–Trinajstić information content (AvgIpc) is 1.84. The summed E-state index contributed by atoms with van der Waals surface area (Å²) in [6.45, 7) is 8.55. The second-order valence-electron chi connectivity index (χ2n) is 4.16. The van der Waals surface area contributed by atoms with E-state index in [0.717, 1.165) is 6.42 Å². The Labute approximate surface area is 75.0 Å². The van der Waals surface area contributed by atoms with Gasteiger partial charge in [-0.15, -0.1) is 0 Å². The van der Waals surface area contributed by atoms with Crippen LogP contribution in [0.1, 0.15) is 40.5 Å². The summed E-state index contributed by atoms with van der Waals surface area (Å²) in [5.41, 5.74) is 0. The smallest absolute Gasteiger partial charge is 0.303 e. The maximum Gasteiger partial charge on any atom is 0.303 e. The zero-order chi connectivity index (χ0) is 9.72. The van der Waals surface area contributed by atoms with Gasteiger partial charge in [0.1, 0.15) is 0 Å². The molecule has 2 nitrogen and oxygen atoms in total. The molecule has 0 amide bonds. The van der Waals surface area contributed by atoms with Crippen molar-refractivity contribution in [3.8, 4) is 0 Å². The molecule has 2 atom stereocenters. The molecule has 12 heavy (non-hydrogen) atoms. The van der Waals surface area contributed by atoms with Crippen LogP contribution in [0.4, 0.5) is 0 Å². The highest BCUT2D eigenvalue weighted by atomic mass is 16.4. The maximum atomic E-state index is 10.4. The fourth-order valence-electron chi connectivity index (χ4n) is 1.29. The van der Waals surface area contributed by atoms with Crippen molar-refractivity contribution in [2.45, 2.75) is 40.5 Å². The molecule has 0 bridgehead atoms. The first-order valence-corrected chi connectivity index (χ1v) is 4.65. The van der Waals surface area contributed by atoms with Gasteiger partial charge >= 0.3 is 5.97 Å². The third-order valence-corrected chi connectivity index (χ3v) is 2.44. The predicted octanol–water partition coefficient (Wildman–Crippen LogP) is 2.78. The Balaban J connectivity index is 3.68. The van der Waals surface area contributed by atoms with Crippen LogP contribution in [0.25, 0.3) is 0 Å². The van der Waals surface area contributed by atoms with E-state index >= 15 is 0 Å². The van der Waals surface area contributed by atoms with Crippen LogP contribution in [0, 0.1) is 17.8 Å². The number of hydrogen-bond acceptors (Lipinski definition) is 1. The summed E-state index contributed by atoms with van der Waals surface area (Å²) in [4.78, 5) is 10.4. The molecular formula is C10H20O2. The summed E-state index contributed by atoms with van der Waals surface area (Å²) < 4.78 is 0. The molecule has 0 aromatic heterocycles. The van der Waals surface area contributed by atoms with Gasteiger partial charge in [-0.05, 0) is 24.2 Å². The van der Waals surface area contributed by atoms with Crippen molar-refractivity contribution in [1.82, 2.24) is 0 Å². The molecule has 0 aliphatic carbocycles. The van der Waals surface area contributed by atoms with Crippen LogP contribution in [0.15, 0.2) is 0 Å². The molecule has 0 spiro atoms. The molecule has 0 saturated carbocycles. The lowest BCUT2D eigenvalue weighted by molar-refractivity contribution is -0.138. The van der Waals surface area contributed by atoms with Crippen molar-refractivity contribution in [3.05, 3.63) is 0 Å². The Morgan fingerprint density at radius 3 is 2.08 bits per heavy atom. The number of carboxylic acids is 1. The van der Waals surface area contributed by atoms with E-state index in [2.05, 4.69) is 20.8 Å². The molecule has 0 aliphatic rings. The van der Waals surface area contributed by atoms with E-state index in [1.54, 1.807) is 0 Å². The van der Waals surface area contributed by atoms with Crippen LogP contribution in [0.2, 0.25) is 0 Å². The Kier molecular flexibility index (Phi) is 4.95. The van der Waals surface area contributed by atoms with Crippen molar-refractivity contribution in [2.24, 2.45) is 17.8 Å². The van der Waals surface area contributed by atoms with Crippen molar-refractivity contribution in [3.63, 3.8) is 0 Å². The van der Waals surface area contributed by atoms with Gasteiger partial charge < -0.3 is 5.11 Å². The van der Waals surface area contributed by atoms with Gasteiger partial charge in [-0.25, -0.2) is 0 Å².